The van der Waals surface area contributed by atoms with Crippen LogP contribution >= 0.6 is 0 Å². The molecule has 0 spiro atoms. The van der Waals surface area contributed by atoms with Gasteiger partial charge in [-0.15, -0.1) is 0 Å². The Morgan fingerprint density at radius 1 is 1.14 bits per heavy atom. The molecule has 6 heteroatoms. The minimum absolute atomic E-state index is 0.703. The van der Waals surface area contributed by atoms with Crippen molar-refractivity contribution in [2.24, 2.45) is 0 Å². The highest BCUT2D eigenvalue weighted by Gasteiger charge is 2.19. The van der Waals surface area contributed by atoms with Crippen molar-refractivity contribution in [1.82, 2.24) is 15.3 Å². The summed E-state index contributed by atoms with van der Waals surface area (Å²) in [7, 11) is 0. The van der Waals surface area contributed by atoms with Crippen LogP contribution in [0.1, 0.15) is 25.1 Å². The molecule has 0 radical (unpaired) electrons. The van der Waals surface area contributed by atoms with E-state index in [1.54, 1.807) is 6.33 Å². The van der Waals surface area contributed by atoms with Gasteiger partial charge in [0.05, 0.1) is 18.9 Å². The molecule has 2 heterocycles. The van der Waals surface area contributed by atoms with Gasteiger partial charge in [-0.1, -0.05) is 0 Å². The topological polar surface area (TPSA) is 59.5 Å². The predicted molar refractivity (Wildman–Crippen MR) is 82.6 cm³/mol. The van der Waals surface area contributed by atoms with Gasteiger partial charge in [-0.2, -0.15) is 0 Å². The van der Waals surface area contributed by atoms with Crippen LogP contribution in [0, 0.1) is 0 Å². The number of nitrogens with zero attached hydrogens (tertiary/aromatic N) is 3. The van der Waals surface area contributed by atoms with Gasteiger partial charge in [-0.3, -0.25) is 0 Å². The maximum Gasteiger partial charge on any atom is 0.136 e. The van der Waals surface area contributed by atoms with Gasteiger partial charge in [-0.25, -0.2) is 9.97 Å². The fourth-order valence-corrected chi connectivity index (χ4v) is 2.49. The highest BCUT2D eigenvalue weighted by Crippen LogP contribution is 2.22. The first kappa shape index (κ1) is 16.1. The van der Waals surface area contributed by atoms with Crippen molar-refractivity contribution < 1.29 is 9.47 Å². The van der Waals surface area contributed by atoms with Crippen LogP contribution in [-0.4, -0.2) is 56.0 Å². The molecular formula is C15H26N4O2. The van der Waals surface area contributed by atoms with E-state index < -0.39 is 0 Å². The van der Waals surface area contributed by atoms with Gasteiger partial charge >= 0.3 is 0 Å². The molecule has 118 valence electrons. The van der Waals surface area contributed by atoms with Crippen molar-refractivity contribution in [3.05, 3.63) is 17.6 Å². The summed E-state index contributed by atoms with van der Waals surface area (Å²) in [4.78, 5) is 11.2. The third-order valence-electron chi connectivity index (χ3n) is 3.57. The van der Waals surface area contributed by atoms with E-state index in [0.717, 1.165) is 57.3 Å². The van der Waals surface area contributed by atoms with E-state index in [0.29, 0.717) is 13.2 Å². The molecule has 0 atom stereocenters. The fourth-order valence-electron chi connectivity index (χ4n) is 2.49. The summed E-state index contributed by atoms with van der Waals surface area (Å²) >= 11 is 0. The number of rotatable bonds is 9. The van der Waals surface area contributed by atoms with Crippen LogP contribution in [0.25, 0.3) is 0 Å². The summed E-state index contributed by atoms with van der Waals surface area (Å²) in [6.45, 7) is 10.4. The predicted octanol–water partition coefficient (Wildman–Crippen LogP) is 1.00. The monoisotopic (exact) mass is 294 g/mol. The second-order valence-corrected chi connectivity index (χ2v) is 4.93. The third kappa shape index (κ3) is 4.62. The normalized spacial score (nSPS) is 14.0. The van der Waals surface area contributed by atoms with Gasteiger partial charge in [0, 0.05) is 51.4 Å². The molecule has 1 aliphatic heterocycles. The number of nitrogens with one attached hydrogen (secondary N) is 1. The third-order valence-corrected chi connectivity index (χ3v) is 3.57. The Labute approximate surface area is 126 Å². The lowest BCUT2D eigenvalue weighted by molar-refractivity contribution is 0.141. The Morgan fingerprint density at radius 3 is 2.52 bits per heavy atom. The van der Waals surface area contributed by atoms with E-state index in [-0.39, 0.29) is 0 Å². The maximum absolute atomic E-state index is 5.49. The highest BCUT2D eigenvalue weighted by molar-refractivity contribution is 5.49. The molecule has 1 aromatic heterocycles. The van der Waals surface area contributed by atoms with E-state index in [2.05, 4.69) is 20.2 Å². The maximum atomic E-state index is 5.49. The van der Waals surface area contributed by atoms with Gasteiger partial charge in [0.2, 0.25) is 0 Å². The van der Waals surface area contributed by atoms with Crippen molar-refractivity contribution in [3.63, 3.8) is 0 Å². The van der Waals surface area contributed by atoms with Crippen molar-refractivity contribution in [2.45, 2.75) is 26.8 Å². The molecule has 1 aliphatic rings. The smallest absolute Gasteiger partial charge is 0.136 e. The quantitative estimate of drug-likeness (QED) is 0.686. The summed E-state index contributed by atoms with van der Waals surface area (Å²) in [6.07, 6.45) is 2.64. The molecule has 0 fully saturated rings. The summed E-state index contributed by atoms with van der Waals surface area (Å²) in [5, 5.41) is 3.40. The van der Waals surface area contributed by atoms with Crippen LogP contribution in [0.3, 0.4) is 0 Å². The SMILES string of the molecule is CCOCCN(CCOCC)c1ncnc2c1CNCC2. The molecule has 1 N–H and O–H groups in total. The molecule has 0 aliphatic carbocycles. The lowest BCUT2D eigenvalue weighted by atomic mass is 10.1. The average molecular weight is 294 g/mol. The number of fused-ring (bicyclic) bond motifs is 1. The first-order valence-corrected chi connectivity index (χ1v) is 7.80. The van der Waals surface area contributed by atoms with Gasteiger partial charge < -0.3 is 19.7 Å². The van der Waals surface area contributed by atoms with Gasteiger partial charge in [0.15, 0.2) is 0 Å². The van der Waals surface area contributed by atoms with Crippen LogP contribution in [0.2, 0.25) is 0 Å². The van der Waals surface area contributed by atoms with Gasteiger partial charge in [-0.05, 0) is 13.8 Å². The first-order valence-electron chi connectivity index (χ1n) is 7.80. The average Bonchev–Trinajstić information content (AvgIpc) is 2.53. The molecule has 0 aromatic carbocycles. The second-order valence-electron chi connectivity index (χ2n) is 4.93. The van der Waals surface area contributed by atoms with Gasteiger partial charge in [0.25, 0.3) is 0 Å². The highest BCUT2D eigenvalue weighted by atomic mass is 16.5. The zero-order chi connectivity index (χ0) is 14.9. The Kier molecular flexibility index (Phi) is 6.85. The Balaban J connectivity index is 2.10. The summed E-state index contributed by atoms with van der Waals surface area (Å²) in [5.74, 6) is 1.02. The molecular weight excluding hydrogens is 268 g/mol. The van der Waals surface area contributed by atoms with E-state index in [1.165, 1.54) is 5.56 Å². The molecule has 21 heavy (non-hydrogen) atoms. The minimum atomic E-state index is 0.703. The van der Waals surface area contributed by atoms with Crippen molar-refractivity contribution in [2.75, 3.05) is 51.0 Å². The Hall–Kier alpha value is -1.24. The molecule has 1 aromatic rings. The second kappa shape index (κ2) is 8.92. The van der Waals surface area contributed by atoms with Crippen LogP contribution in [0.5, 0.6) is 0 Å². The lowest BCUT2D eigenvalue weighted by Gasteiger charge is -2.28. The van der Waals surface area contributed by atoms with Crippen molar-refractivity contribution in [3.8, 4) is 0 Å². The first-order chi connectivity index (χ1) is 10.4. The lowest BCUT2D eigenvalue weighted by Crippen LogP contribution is -2.35. The Morgan fingerprint density at radius 2 is 1.86 bits per heavy atom. The number of hydrogen-bond acceptors (Lipinski definition) is 6. The summed E-state index contributed by atoms with van der Waals surface area (Å²) in [5.41, 5.74) is 2.38. The number of ether oxygens (including phenoxy) is 2. The molecule has 6 nitrogen and oxygen atoms in total. The number of anilines is 1. The van der Waals surface area contributed by atoms with Gasteiger partial charge in [0.1, 0.15) is 12.1 Å². The molecule has 0 bridgehead atoms. The molecule has 2 rings (SSSR count). The molecule has 0 amide bonds. The van der Waals surface area contributed by atoms with E-state index >= 15 is 0 Å². The standard InChI is InChI=1S/C15H26N4O2/c1-3-20-9-7-19(8-10-21-4-2)15-13-11-16-6-5-14(13)17-12-18-15/h12,16H,3-11H2,1-2H3. The zero-order valence-electron chi connectivity index (χ0n) is 13.1. The van der Waals surface area contributed by atoms with Crippen LogP contribution in [0.15, 0.2) is 6.33 Å². The summed E-state index contributed by atoms with van der Waals surface area (Å²) in [6, 6.07) is 0. The minimum Gasteiger partial charge on any atom is -0.380 e. The molecule has 0 unspecified atom stereocenters. The van der Waals surface area contributed by atoms with E-state index in [4.69, 9.17) is 9.47 Å². The van der Waals surface area contributed by atoms with Crippen molar-refractivity contribution >= 4 is 5.82 Å². The van der Waals surface area contributed by atoms with E-state index in [9.17, 15) is 0 Å². The number of hydrogen-bond donors (Lipinski definition) is 1. The number of aromatic nitrogens is 2. The van der Waals surface area contributed by atoms with E-state index in [1.807, 2.05) is 13.8 Å². The van der Waals surface area contributed by atoms with Crippen LogP contribution < -0.4 is 10.2 Å². The largest absolute Gasteiger partial charge is 0.380 e. The Bertz CT molecular complexity index is 418. The van der Waals surface area contributed by atoms with Crippen molar-refractivity contribution in [1.29, 1.82) is 0 Å². The molecule has 0 saturated carbocycles. The summed E-state index contributed by atoms with van der Waals surface area (Å²) < 4.78 is 11.0. The molecule has 0 saturated heterocycles. The van der Waals surface area contributed by atoms with Crippen LogP contribution in [-0.2, 0) is 22.4 Å². The van der Waals surface area contributed by atoms with Crippen LogP contribution in [0.4, 0.5) is 5.82 Å². The fraction of sp³-hybridized carbons (Fsp3) is 0.733. The zero-order valence-corrected chi connectivity index (χ0v) is 13.1.